The highest BCUT2D eigenvalue weighted by atomic mass is 79.9. The number of halogens is 1. The number of ether oxygens (including phenoxy) is 1. The molecule has 0 bridgehead atoms. The zero-order chi connectivity index (χ0) is 12.1. The van der Waals surface area contributed by atoms with Gasteiger partial charge < -0.3 is 15.2 Å². The van der Waals surface area contributed by atoms with Crippen LogP contribution in [0.15, 0.2) is 15.9 Å². The van der Waals surface area contributed by atoms with E-state index < -0.39 is 0 Å². The van der Waals surface area contributed by atoms with E-state index in [2.05, 4.69) is 33.4 Å². The molecule has 5 heteroatoms. The van der Waals surface area contributed by atoms with Crippen LogP contribution in [0.5, 0.6) is 0 Å². The Kier molecular flexibility index (Phi) is 4.99. The molecule has 1 aliphatic heterocycles. The molecule has 1 aromatic heterocycles. The summed E-state index contributed by atoms with van der Waals surface area (Å²) in [5, 5.41) is 13.0. The first kappa shape index (κ1) is 13.5. The summed E-state index contributed by atoms with van der Waals surface area (Å²) in [5.41, 5.74) is 0.0206. The SMILES string of the molecule is OCC1(CNCc2ccc(Br)s2)CCOCC1. The van der Waals surface area contributed by atoms with Gasteiger partial charge in [-0.2, -0.15) is 0 Å². The summed E-state index contributed by atoms with van der Waals surface area (Å²) in [6, 6.07) is 4.19. The van der Waals surface area contributed by atoms with Gasteiger partial charge in [0.15, 0.2) is 0 Å². The minimum Gasteiger partial charge on any atom is -0.396 e. The third kappa shape index (κ3) is 3.76. The lowest BCUT2D eigenvalue weighted by molar-refractivity contribution is -0.0153. The zero-order valence-corrected chi connectivity index (χ0v) is 12.1. The lowest BCUT2D eigenvalue weighted by Gasteiger charge is -2.35. The van der Waals surface area contributed by atoms with Gasteiger partial charge in [-0.1, -0.05) is 0 Å². The number of nitrogens with one attached hydrogen (secondary N) is 1. The van der Waals surface area contributed by atoms with E-state index in [0.29, 0.717) is 0 Å². The Bertz CT molecular complexity index is 350. The Morgan fingerprint density at radius 2 is 2.18 bits per heavy atom. The number of thiophene rings is 1. The summed E-state index contributed by atoms with van der Waals surface area (Å²) in [6.07, 6.45) is 1.90. The Balaban J connectivity index is 1.79. The smallest absolute Gasteiger partial charge is 0.0701 e. The third-order valence-electron chi connectivity index (χ3n) is 3.32. The molecule has 1 fully saturated rings. The van der Waals surface area contributed by atoms with Gasteiger partial charge in [-0.3, -0.25) is 0 Å². The molecule has 2 N–H and O–H groups in total. The van der Waals surface area contributed by atoms with Gasteiger partial charge in [-0.15, -0.1) is 11.3 Å². The van der Waals surface area contributed by atoms with Gasteiger partial charge in [-0.05, 0) is 40.9 Å². The molecule has 1 saturated heterocycles. The topological polar surface area (TPSA) is 41.5 Å². The van der Waals surface area contributed by atoms with Gasteiger partial charge in [0, 0.05) is 36.6 Å². The van der Waals surface area contributed by atoms with Gasteiger partial charge in [0.1, 0.15) is 0 Å². The van der Waals surface area contributed by atoms with Crippen LogP contribution >= 0.6 is 27.3 Å². The summed E-state index contributed by atoms with van der Waals surface area (Å²) in [7, 11) is 0. The van der Waals surface area contributed by atoms with Crippen LogP contribution in [0, 0.1) is 5.41 Å². The number of hydrogen-bond donors (Lipinski definition) is 2. The van der Waals surface area contributed by atoms with E-state index >= 15 is 0 Å². The Morgan fingerprint density at radius 1 is 1.41 bits per heavy atom. The zero-order valence-electron chi connectivity index (χ0n) is 9.75. The third-order valence-corrected chi connectivity index (χ3v) is 4.94. The average molecular weight is 320 g/mol. The first-order valence-electron chi connectivity index (χ1n) is 5.88. The minimum atomic E-state index is 0.0206. The Morgan fingerprint density at radius 3 is 2.76 bits per heavy atom. The lowest BCUT2D eigenvalue weighted by Crippen LogP contribution is -2.41. The van der Waals surface area contributed by atoms with Crippen molar-refractivity contribution in [1.29, 1.82) is 0 Å². The monoisotopic (exact) mass is 319 g/mol. The van der Waals surface area contributed by atoms with E-state index in [1.165, 1.54) is 4.88 Å². The molecular weight excluding hydrogens is 302 g/mol. The maximum Gasteiger partial charge on any atom is 0.0701 e. The van der Waals surface area contributed by atoms with E-state index in [4.69, 9.17) is 4.74 Å². The van der Waals surface area contributed by atoms with Crippen LogP contribution in [-0.4, -0.2) is 31.5 Å². The van der Waals surface area contributed by atoms with Crippen LogP contribution < -0.4 is 5.32 Å². The highest BCUT2D eigenvalue weighted by molar-refractivity contribution is 9.11. The van der Waals surface area contributed by atoms with Crippen molar-refractivity contribution in [3.05, 3.63) is 20.8 Å². The lowest BCUT2D eigenvalue weighted by atomic mass is 9.81. The predicted molar refractivity (Wildman–Crippen MR) is 73.3 cm³/mol. The summed E-state index contributed by atoms with van der Waals surface area (Å²) in [5.74, 6) is 0. The quantitative estimate of drug-likeness (QED) is 0.875. The molecule has 0 atom stereocenters. The fourth-order valence-corrected chi connectivity index (χ4v) is 3.55. The summed E-state index contributed by atoms with van der Waals surface area (Å²) in [4.78, 5) is 1.32. The molecule has 96 valence electrons. The largest absolute Gasteiger partial charge is 0.396 e. The predicted octanol–water partition coefficient (Wildman–Crippen LogP) is 2.39. The number of rotatable bonds is 5. The van der Waals surface area contributed by atoms with Crippen molar-refractivity contribution >= 4 is 27.3 Å². The number of hydrogen-bond acceptors (Lipinski definition) is 4. The standard InChI is InChI=1S/C12H18BrNO2S/c13-11-2-1-10(17-11)7-14-8-12(9-15)3-5-16-6-4-12/h1-2,14-15H,3-9H2. The highest BCUT2D eigenvalue weighted by Gasteiger charge is 2.31. The van der Waals surface area contributed by atoms with Gasteiger partial charge in [0.05, 0.1) is 10.4 Å². The van der Waals surface area contributed by atoms with Crippen LogP contribution in [0.25, 0.3) is 0 Å². The van der Waals surface area contributed by atoms with E-state index in [-0.39, 0.29) is 12.0 Å². The van der Waals surface area contributed by atoms with Crippen molar-refractivity contribution < 1.29 is 9.84 Å². The Hall–Kier alpha value is 0.0600. The van der Waals surface area contributed by atoms with Crippen LogP contribution in [-0.2, 0) is 11.3 Å². The van der Waals surface area contributed by atoms with Gasteiger partial charge in [0.2, 0.25) is 0 Å². The van der Waals surface area contributed by atoms with Gasteiger partial charge in [-0.25, -0.2) is 0 Å². The van der Waals surface area contributed by atoms with Crippen LogP contribution in [0.4, 0.5) is 0 Å². The fraction of sp³-hybridized carbons (Fsp3) is 0.667. The average Bonchev–Trinajstić information content (AvgIpc) is 2.76. The first-order chi connectivity index (χ1) is 8.24. The maximum absolute atomic E-state index is 9.54. The minimum absolute atomic E-state index is 0.0206. The second-order valence-electron chi connectivity index (χ2n) is 4.58. The van der Waals surface area contributed by atoms with Crippen molar-refractivity contribution in [3.8, 4) is 0 Å². The molecule has 1 aliphatic rings. The molecule has 17 heavy (non-hydrogen) atoms. The summed E-state index contributed by atoms with van der Waals surface area (Å²) < 4.78 is 6.52. The molecular formula is C12H18BrNO2S. The highest BCUT2D eigenvalue weighted by Crippen LogP contribution is 2.29. The molecule has 2 heterocycles. The second-order valence-corrected chi connectivity index (χ2v) is 7.13. The molecule has 0 radical (unpaired) electrons. The summed E-state index contributed by atoms with van der Waals surface area (Å²) >= 11 is 5.21. The second kappa shape index (κ2) is 6.29. The summed E-state index contributed by atoms with van der Waals surface area (Å²) in [6.45, 7) is 3.53. The van der Waals surface area contributed by atoms with E-state index in [9.17, 15) is 5.11 Å². The van der Waals surface area contributed by atoms with Crippen LogP contribution in [0.2, 0.25) is 0 Å². The molecule has 0 spiro atoms. The van der Waals surface area contributed by atoms with Gasteiger partial charge in [0.25, 0.3) is 0 Å². The molecule has 0 aromatic carbocycles. The van der Waals surface area contributed by atoms with Crippen molar-refractivity contribution in [2.75, 3.05) is 26.4 Å². The molecule has 0 saturated carbocycles. The number of aliphatic hydroxyl groups is 1. The molecule has 1 aromatic rings. The van der Waals surface area contributed by atoms with E-state index in [1.807, 2.05) is 0 Å². The molecule has 2 rings (SSSR count). The van der Waals surface area contributed by atoms with Crippen LogP contribution in [0.1, 0.15) is 17.7 Å². The van der Waals surface area contributed by atoms with Crippen molar-refractivity contribution in [2.24, 2.45) is 5.41 Å². The van der Waals surface area contributed by atoms with Crippen molar-refractivity contribution in [3.63, 3.8) is 0 Å². The number of aliphatic hydroxyl groups excluding tert-OH is 1. The molecule has 3 nitrogen and oxygen atoms in total. The fourth-order valence-electron chi connectivity index (χ4n) is 2.09. The van der Waals surface area contributed by atoms with E-state index in [1.54, 1.807) is 11.3 Å². The molecule has 0 amide bonds. The van der Waals surface area contributed by atoms with Crippen molar-refractivity contribution in [2.45, 2.75) is 19.4 Å². The molecule has 0 aliphatic carbocycles. The molecule has 0 unspecified atom stereocenters. The van der Waals surface area contributed by atoms with Crippen LogP contribution in [0.3, 0.4) is 0 Å². The normalized spacial score (nSPS) is 19.4. The Labute approximate surface area is 114 Å². The van der Waals surface area contributed by atoms with E-state index in [0.717, 1.165) is 42.9 Å². The van der Waals surface area contributed by atoms with Crippen molar-refractivity contribution in [1.82, 2.24) is 5.32 Å². The maximum atomic E-state index is 9.54. The van der Waals surface area contributed by atoms with Gasteiger partial charge >= 0.3 is 0 Å². The first-order valence-corrected chi connectivity index (χ1v) is 7.49.